The van der Waals surface area contributed by atoms with Crippen molar-refractivity contribution in [3.63, 3.8) is 0 Å². The van der Waals surface area contributed by atoms with Crippen molar-refractivity contribution in [1.82, 2.24) is 5.32 Å². The number of fused-ring (bicyclic) bond motifs is 2. The zero-order chi connectivity index (χ0) is 14.2. The normalized spacial score (nSPS) is 45.8. The molecule has 6 unspecified atom stereocenters. The van der Waals surface area contributed by atoms with Gasteiger partial charge in [0, 0.05) is 13.2 Å². The van der Waals surface area contributed by atoms with Gasteiger partial charge in [0.15, 0.2) is 0 Å². The third-order valence-corrected chi connectivity index (χ3v) is 6.80. The maximum absolute atomic E-state index is 6.13. The highest BCUT2D eigenvalue weighted by Gasteiger charge is 2.46. The molecule has 3 rings (SSSR count). The first kappa shape index (κ1) is 14.8. The Balaban J connectivity index is 1.67. The predicted molar refractivity (Wildman–Crippen MR) is 83.8 cm³/mol. The van der Waals surface area contributed by atoms with E-state index in [0.29, 0.717) is 6.04 Å². The van der Waals surface area contributed by atoms with Crippen molar-refractivity contribution >= 4 is 0 Å². The number of likely N-dealkylation sites (N-methyl/N-ethyl adjacent to an activating group) is 1. The summed E-state index contributed by atoms with van der Waals surface area (Å²) in [6.07, 6.45) is 12.6. The second-order valence-corrected chi connectivity index (χ2v) is 7.98. The summed E-state index contributed by atoms with van der Waals surface area (Å²) >= 11 is 0. The zero-order valence-corrected chi connectivity index (χ0v) is 13.7. The molecule has 2 heteroatoms. The van der Waals surface area contributed by atoms with Gasteiger partial charge in [0.1, 0.15) is 0 Å². The molecule has 3 fully saturated rings. The van der Waals surface area contributed by atoms with Crippen LogP contribution in [0.2, 0.25) is 0 Å². The Bertz CT molecular complexity index is 331. The van der Waals surface area contributed by atoms with Gasteiger partial charge in [-0.25, -0.2) is 0 Å². The Kier molecular flexibility index (Phi) is 4.42. The second kappa shape index (κ2) is 5.96. The average molecular weight is 279 g/mol. The summed E-state index contributed by atoms with van der Waals surface area (Å²) in [4.78, 5) is 0. The Morgan fingerprint density at radius 1 is 1.25 bits per heavy atom. The lowest BCUT2D eigenvalue weighted by atomic mass is 9.71. The fourth-order valence-electron chi connectivity index (χ4n) is 5.75. The number of hydrogen-bond donors (Lipinski definition) is 1. The van der Waals surface area contributed by atoms with Crippen molar-refractivity contribution in [2.45, 2.75) is 76.4 Å². The molecule has 0 aliphatic heterocycles. The molecule has 0 saturated heterocycles. The minimum atomic E-state index is 0.105. The predicted octanol–water partition coefficient (Wildman–Crippen LogP) is 4.00. The molecule has 0 amide bonds. The van der Waals surface area contributed by atoms with Gasteiger partial charge in [-0.15, -0.1) is 0 Å². The van der Waals surface area contributed by atoms with Gasteiger partial charge in [0.05, 0.1) is 5.60 Å². The van der Waals surface area contributed by atoms with Gasteiger partial charge in [-0.1, -0.05) is 26.2 Å². The SMILES string of the molecule is CNC(CC1CC2CCC1C2)C1(OC)CCCC(C)C1. The first-order valence-electron chi connectivity index (χ1n) is 8.89. The summed E-state index contributed by atoms with van der Waals surface area (Å²) in [5.41, 5.74) is 0.105. The van der Waals surface area contributed by atoms with Crippen LogP contribution in [0.15, 0.2) is 0 Å². The summed E-state index contributed by atoms with van der Waals surface area (Å²) in [6, 6.07) is 0.555. The van der Waals surface area contributed by atoms with Crippen LogP contribution < -0.4 is 5.32 Å². The third kappa shape index (κ3) is 2.66. The van der Waals surface area contributed by atoms with E-state index in [2.05, 4.69) is 19.3 Å². The molecular weight excluding hydrogens is 246 g/mol. The van der Waals surface area contributed by atoms with Gasteiger partial charge in [-0.2, -0.15) is 0 Å². The lowest BCUT2D eigenvalue weighted by Gasteiger charge is -2.46. The lowest BCUT2D eigenvalue weighted by Crippen LogP contribution is -2.54. The molecule has 0 aromatic carbocycles. The molecule has 2 nitrogen and oxygen atoms in total. The summed E-state index contributed by atoms with van der Waals surface area (Å²) in [5, 5.41) is 3.65. The smallest absolute Gasteiger partial charge is 0.0833 e. The molecule has 0 aromatic heterocycles. The molecule has 20 heavy (non-hydrogen) atoms. The van der Waals surface area contributed by atoms with Crippen molar-refractivity contribution in [2.75, 3.05) is 14.2 Å². The monoisotopic (exact) mass is 279 g/mol. The minimum Gasteiger partial charge on any atom is -0.377 e. The molecule has 6 atom stereocenters. The Hall–Kier alpha value is -0.0800. The molecule has 3 aliphatic rings. The number of rotatable bonds is 5. The highest BCUT2D eigenvalue weighted by atomic mass is 16.5. The van der Waals surface area contributed by atoms with E-state index in [1.165, 1.54) is 57.8 Å². The highest BCUT2D eigenvalue weighted by molar-refractivity contribution is 5.00. The third-order valence-electron chi connectivity index (χ3n) is 6.80. The maximum Gasteiger partial charge on any atom is 0.0833 e. The molecule has 0 heterocycles. The summed E-state index contributed by atoms with van der Waals surface area (Å²) in [7, 11) is 4.10. The quantitative estimate of drug-likeness (QED) is 0.821. The standard InChI is InChI=1S/C18H33NO/c1-13-5-4-8-18(12-13,20-3)17(19-2)11-16-10-14-6-7-15(16)9-14/h13-17,19H,4-12H2,1-3H3. The van der Waals surface area contributed by atoms with Gasteiger partial charge in [-0.05, 0) is 69.2 Å². The molecule has 2 bridgehead atoms. The van der Waals surface area contributed by atoms with Crippen LogP contribution >= 0.6 is 0 Å². The van der Waals surface area contributed by atoms with Crippen LogP contribution in [0, 0.1) is 23.7 Å². The molecule has 3 saturated carbocycles. The second-order valence-electron chi connectivity index (χ2n) is 7.98. The van der Waals surface area contributed by atoms with E-state index in [4.69, 9.17) is 4.74 Å². The minimum absolute atomic E-state index is 0.105. The first-order valence-corrected chi connectivity index (χ1v) is 8.89. The van der Waals surface area contributed by atoms with E-state index in [0.717, 1.165) is 23.7 Å². The first-order chi connectivity index (χ1) is 9.66. The van der Waals surface area contributed by atoms with E-state index < -0.39 is 0 Å². The van der Waals surface area contributed by atoms with E-state index in [-0.39, 0.29) is 5.60 Å². The molecule has 0 aromatic rings. The van der Waals surface area contributed by atoms with Crippen LogP contribution in [0.4, 0.5) is 0 Å². The summed E-state index contributed by atoms with van der Waals surface area (Å²) in [6.45, 7) is 2.40. The van der Waals surface area contributed by atoms with Crippen LogP contribution in [0.3, 0.4) is 0 Å². The van der Waals surface area contributed by atoms with Crippen LogP contribution in [0.5, 0.6) is 0 Å². The lowest BCUT2D eigenvalue weighted by molar-refractivity contribution is -0.0836. The Morgan fingerprint density at radius 3 is 2.65 bits per heavy atom. The van der Waals surface area contributed by atoms with Crippen LogP contribution in [0.25, 0.3) is 0 Å². The molecule has 1 N–H and O–H groups in total. The van der Waals surface area contributed by atoms with Gasteiger partial charge in [-0.3, -0.25) is 0 Å². The van der Waals surface area contributed by atoms with Gasteiger partial charge in [0.2, 0.25) is 0 Å². The van der Waals surface area contributed by atoms with Crippen molar-refractivity contribution in [3.8, 4) is 0 Å². The molecule has 0 radical (unpaired) electrons. The van der Waals surface area contributed by atoms with E-state index in [9.17, 15) is 0 Å². The van der Waals surface area contributed by atoms with Crippen molar-refractivity contribution in [3.05, 3.63) is 0 Å². The van der Waals surface area contributed by atoms with Crippen LogP contribution in [-0.4, -0.2) is 25.8 Å². The van der Waals surface area contributed by atoms with Crippen LogP contribution in [0.1, 0.15) is 64.7 Å². The number of hydrogen-bond acceptors (Lipinski definition) is 2. The molecule has 0 spiro atoms. The van der Waals surface area contributed by atoms with Crippen molar-refractivity contribution in [2.24, 2.45) is 23.7 Å². The van der Waals surface area contributed by atoms with Gasteiger partial charge >= 0.3 is 0 Å². The van der Waals surface area contributed by atoms with E-state index in [1.807, 2.05) is 7.11 Å². The molecular formula is C18H33NO. The fraction of sp³-hybridized carbons (Fsp3) is 1.00. The maximum atomic E-state index is 6.13. The Morgan fingerprint density at radius 2 is 2.10 bits per heavy atom. The number of ether oxygens (including phenoxy) is 1. The average Bonchev–Trinajstić information content (AvgIpc) is 3.07. The van der Waals surface area contributed by atoms with Crippen molar-refractivity contribution in [1.29, 1.82) is 0 Å². The van der Waals surface area contributed by atoms with Gasteiger partial charge < -0.3 is 10.1 Å². The number of methoxy groups -OCH3 is 1. The largest absolute Gasteiger partial charge is 0.377 e. The number of nitrogens with one attached hydrogen (secondary N) is 1. The highest BCUT2D eigenvalue weighted by Crippen LogP contribution is 2.51. The Labute approximate surface area is 125 Å². The van der Waals surface area contributed by atoms with Crippen molar-refractivity contribution < 1.29 is 4.74 Å². The van der Waals surface area contributed by atoms with Crippen LogP contribution in [-0.2, 0) is 4.74 Å². The van der Waals surface area contributed by atoms with E-state index in [1.54, 1.807) is 0 Å². The fourth-order valence-corrected chi connectivity index (χ4v) is 5.75. The molecule has 116 valence electrons. The van der Waals surface area contributed by atoms with Gasteiger partial charge in [0.25, 0.3) is 0 Å². The topological polar surface area (TPSA) is 21.3 Å². The molecule has 3 aliphatic carbocycles. The summed E-state index contributed by atoms with van der Waals surface area (Å²) in [5.74, 6) is 3.88. The summed E-state index contributed by atoms with van der Waals surface area (Å²) < 4.78 is 6.13. The zero-order valence-electron chi connectivity index (χ0n) is 13.7. The van der Waals surface area contributed by atoms with E-state index >= 15 is 0 Å².